The van der Waals surface area contributed by atoms with Crippen LogP contribution in [0.1, 0.15) is 46.9 Å². The maximum absolute atomic E-state index is 15.7. The molecule has 2 atom stereocenters. The van der Waals surface area contributed by atoms with Gasteiger partial charge in [0.2, 0.25) is 0 Å². The third kappa shape index (κ3) is 5.03. The summed E-state index contributed by atoms with van der Waals surface area (Å²) in [6, 6.07) is 19.0. The molecule has 1 heterocycles. The van der Waals surface area contributed by atoms with Crippen LogP contribution in [0.4, 0.5) is 14.6 Å². The number of ether oxygens (including phenoxy) is 3. The summed E-state index contributed by atoms with van der Waals surface area (Å²) in [5, 5.41) is 0. The summed E-state index contributed by atoms with van der Waals surface area (Å²) in [5.74, 6) is 0.906. The minimum atomic E-state index is -0.271. The van der Waals surface area contributed by atoms with E-state index >= 15 is 4.39 Å². The first-order valence-corrected chi connectivity index (χ1v) is 12.7. The van der Waals surface area contributed by atoms with Crippen molar-refractivity contribution in [2.75, 3.05) is 39.3 Å². The summed E-state index contributed by atoms with van der Waals surface area (Å²) in [7, 11) is 4.89. The zero-order chi connectivity index (χ0) is 25.9. The molecule has 1 aliphatic carbocycles. The van der Waals surface area contributed by atoms with Crippen molar-refractivity contribution in [3.8, 4) is 11.5 Å². The molecule has 0 radical (unpaired) electrons. The number of anilines is 1. The Balaban J connectivity index is 1.50. The second-order valence-corrected chi connectivity index (χ2v) is 9.92. The molecule has 2 unspecified atom stereocenters. The molecule has 196 valence electrons. The van der Waals surface area contributed by atoms with Gasteiger partial charge < -0.3 is 19.1 Å². The van der Waals surface area contributed by atoms with Gasteiger partial charge in [0.15, 0.2) is 12.0 Å². The summed E-state index contributed by atoms with van der Waals surface area (Å²) in [4.78, 5) is 6.03. The first-order chi connectivity index (χ1) is 18.1. The summed E-state index contributed by atoms with van der Waals surface area (Å²) < 4.78 is 45.2. The first kappa shape index (κ1) is 25.5. The molecular weight excluding hydrogens is 476 g/mol. The van der Waals surface area contributed by atoms with E-state index in [1.165, 1.54) is 5.56 Å². The van der Waals surface area contributed by atoms with Crippen molar-refractivity contribution in [2.45, 2.75) is 37.4 Å². The van der Waals surface area contributed by atoms with Crippen molar-refractivity contribution in [2.24, 2.45) is 5.92 Å². The molecule has 0 saturated carbocycles. The number of rotatable bonds is 9. The van der Waals surface area contributed by atoms with E-state index in [0.717, 1.165) is 49.0 Å². The van der Waals surface area contributed by atoms with Crippen LogP contribution >= 0.6 is 0 Å². The van der Waals surface area contributed by atoms with E-state index in [0.29, 0.717) is 17.4 Å². The number of methoxy groups -OCH3 is 3. The molecule has 0 N–H and O–H groups in total. The highest BCUT2D eigenvalue weighted by Crippen LogP contribution is 2.50. The highest BCUT2D eigenvalue weighted by molar-refractivity contribution is 5.60. The molecule has 3 aromatic rings. The van der Waals surface area contributed by atoms with Crippen LogP contribution in [0.3, 0.4) is 0 Å². The zero-order valence-electron chi connectivity index (χ0n) is 21.5. The van der Waals surface area contributed by atoms with E-state index < -0.39 is 0 Å². The highest BCUT2D eigenvalue weighted by Gasteiger charge is 2.36. The summed E-state index contributed by atoms with van der Waals surface area (Å²) in [6.45, 7) is 1.46. The third-order valence-corrected chi connectivity index (χ3v) is 7.88. The smallest absolute Gasteiger partial charge is 0.172 e. The molecule has 37 heavy (non-hydrogen) atoms. The lowest BCUT2D eigenvalue weighted by Gasteiger charge is -2.42. The lowest BCUT2D eigenvalue weighted by molar-refractivity contribution is -0.115. The summed E-state index contributed by atoms with van der Waals surface area (Å²) >= 11 is 0. The Kier molecular flexibility index (Phi) is 7.63. The number of aryl methyl sites for hydroxylation is 1. The molecule has 1 fully saturated rings. The summed E-state index contributed by atoms with van der Waals surface area (Å²) in [6.07, 6.45) is 2.14. The molecule has 5 nitrogen and oxygen atoms in total. The standard InChI is InChI=1S/C30H33F2NO4/c1-34-28-16-27(33-17-19(18-33)13-29(35-2)36-3)26(31)15-25(28)30-23(20-7-5-4-6-8-20)11-9-21-14-22(37-32)10-12-24(21)30/h4-8,10,12,14-16,19,23,29-30H,9,11,13,17-18H2,1-3H3. The van der Waals surface area contributed by atoms with Gasteiger partial charge in [0.1, 0.15) is 11.6 Å². The molecule has 1 saturated heterocycles. The van der Waals surface area contributed by atoms with Gasteiger partial charge in [-0.1, -0.05) is 36.4 Å². The third-order valence-electron chi connectivity index (χ3n) is 7.88. The van der Waals surface area contributed by atoms with Gasteiger partial charge >= 0.3 is 0 Å². The van der Waals surface area contributed by atoms with Crippen molar-refractivity contribution in [1.29, 1.82) is 0 Å². The SMILES string of the molecule is COc1cc(N2CC(CC(OC)OC)C2)c(F)cc1C1c2ccc(OF)cc2CCC1c1ccccc1. The van der Waals surface area contributed by atoms with Gasteiger partial charge in [-0.25, -0.2) is 4.39 Å². The Morgan fingerprint density at radius 1 is 0.946 bits per heavy atom. The molecule has 0 bridgehead atoms. The minimum Gasteiger partial charge on any atom is -0.496 e. The predicted octanol–water partition coefficient (Wildman–Crippen LogP) is 6.40. The number of halogens is 2. The lowest BCUT2D eigenvalue weighted by atomic mass is 9.69. The molecular formula is C30H33F2NO4. The Hall–Kier alpha value is -3.16. The monoisotopic (exact) mass is 509 g/mol. The normalized spacial score (nSPS) is 19.5. The van der Waals surface area contributed by atoms with E-state index in [1.54, 1.807) is 39.5 Å². The first-order valence-electron chi connectivity index (χ1n) is 12.7. The number of benzene rings is 3. The average Bonchev–Trinajstić information content (AvgIpc) is 2.92. The van der Waals surface area contributed by atoms with Gasteiger partial charge in [0.05, 0.1) is 12.8 Å². The fourth-order valence-electron chi connectivity index (χ4n) is 5.98. The second kappa shape index (κ2) is 11.1. The lowest BCUT2D eigenvalue weighted by Crippen LogP contribution is -2.48. The van der Waals surface area contributed by atoms with Gasteiger partial charge in [0.25, 0.3) is 0 Å². The van der Waals surface area contributed by atoms with E-state index in [9.17, 15) is 4.53 Å². The van der Waals surface area contributed by atoms with E-state index in [-0.39, 0.29) is 29.7 Å². The van der Waals surface area contributed by atoms with Crippen molar-refractivity contribution in [3.05, 3.63) is 88.7 Å². The van der Waals surface area contributed by atoms with Gasteiger partial charge in [-0.2, -0.15) is 0 Å². The van der Waals surface area contributed by atoms with Crippen LogP contribution in [0.15, 0.2) is 60.7 Å². The maximum Gasteiger partial charge on any atom is 0.172 e. The molecule has 0 spiro atoms. The molecule has 1 aliphatic heterocycles. The minimum absolute atomic E-state index is 0.124. The van der Waals surface area contributed by atoms with Gasteiger partial charge in [-0.3, -0.25) is 4.94 Å². The number of nitrogens with zero attached hydrogens (tertiary/aromatic N) is 1. The number of hydrogen-bond acceptors (Lipinski definition) is 5. The fourth-order valence-corrected chi connectivity index (χ4v) is 5.98. The van der Waals surface area contributed by atoms with Crippen molar-refractivity contribution in [1.82, 2.24) is 0 Å². The number of fused-ring (bicyclic) bond motifs is 1. The number of hydrogen-bond donors (Lipinski definition) is 0. The molecule has 3 aromatic carbocycles. The van der Waals surface area contributed by atoms with Crippen molar-refractivity contribution >= 4 is 5.69 Å². The Labute approximate surface area is 216 Å². The van der Waals surface area contributed by atoms with E-state index in [2.05, 4.69) is 17.1 Å². The second-order valence-electron chi connectivity index (χ2n) is 9.92. The average molecular weight is 510 g/mol. The molecule has 7 heteroatoms. The Morgan fingerprint density at radius 2 is 1.70 bits per heavy atom. The van der Waals surface area contributed by atoms with Crippen LogP contribution in [-0.2, 0) is 15.9 Å². The van der Waals surface area contributed by atoms with Gasteiger partial charge in [-0.15, -0.1) is 0 Å². The quantitative estimate of drug-likeness (QED) is 0.312. The molecule has 0 amide bonds. The van der Waals surface area contributed by atoms with Crippen LogP contribution in [0, 0.1) is 11.7 Å². The van der Waals surface area contributed by atoms with Crippen LogP contribution < -0.4 is 14.6 Å². The molecule has 0 aromatic heterocycles. The molecule has 5 rings (SSSR count). The predicted molar refractivity (Wildman–Crippen MR) is 139 cm³/mol. The fraction of sp³-hybridized carbons (Fsp3) is 0.400. The topological polar surface area (TPSA) is 40.2 Å². The van der Waals surface area contributed by atoms with Crippen LogP contribution in [0.2, 0.25) is 0 Å². The maximum atomic E-state index is 15.7. The molecule has 2 aliphatic rings. The van der Waals surface area contributed by atoms with Crippen LogP contribution in [0.25, 0.3) is 0 Å². The largest absolute Gasteiger partial charge is 0.496 e. The van der Waals surface area contributed by atoms with Crippen molar-refractivity contribution < 1.29 is 28.1 Å². The van der Waals surface area contributed by atoms with E-state index in [1.807, 2.05) is 35.2 Å². The van der Waals surface area contributed by atoms with Crippen molar-refractivity contribution in [3.63, 3.8) is 0 Å². The van der Waals surface area contributed by atoms with E-state index in [4.69, 9.17) is 14.2 Å². The highest BCUT2D eigenvalue weighted by atomic mass is 19.3. The van der Waals surface area contributed by atoms with Crippen LogP contribution in [-0.4, -0.2) is 40.7 Å². The van der Waals surface area contributed by atoms with Crippen LogP contribution in [0.5, 0.6) is 11.5 Å². The Morgan fingerprint density at radius 3 is 2.38 bits per heavy atom. The van der Waals surface area contributed by atoms with Gasteiger partial charge in [-0.05, 0) is 59.6 Å². The zero-order valence-corrected chi connectivity index (χ0v) is 21.5. The Bertz CT molecular complexity index is 1210. The van der Waals surface area contributed by atoms with Gasteiger partial charge in [0, 0.05) is 55.8 Å². The summed E-state index contributed by atoms with van der Waals surface area (Å²) in [5.41, 5.74) is 4.57.